The second-order valence-electron chi connectivity index (χ2n) is 5.13. The van der Waals surface area contributed by atoms with Crippen LogP contribution in [-0.4, -0.2) is 18.4 Å². The van der Waals surface area contributed by atoms with Crippen molar-refractivity contribution >= 4 is 23.5 Å². The summed E-state index contributed by atoms with van der Waals surface area (Å²) in [5.41, 5.74) is 8.05. The van der Waals surface area contributed by atoms with Crippen LogP contribution in [0.2, 0.25) is 0 Å². The van der Waals surface area contributed by atoms with E-state index in [1.807, 2.05) is 0 Å². The molecule has 9 heteroatoms. The molecule has 0 radical (unpaired) electrons. The van der Waals surface area contributed by atoms with Gasteiger partial charge < -0.3 is 15.2 Å². The van der Waals surface area contributed by atoms with E-state index in [2.05, 4.69) is 22.7 Å². The van der Waals surface area contributed by atoms with E-state index >= 15 is 0 Å². The summed E-state index contributed by atoms with van der Waals surface area (Å²) in [5.74, 6) is 0.806. The molecule has 0 fully saturated rings. The van der Waals surface area contributed by atoms with E-state index in [4.69, 9.17) is 15.2 Å². The molecular weight excluding hydrogens is 367 g/mol. The average molecular weight is 383 g/mol. The van der Waals surface area contributed by atoms with Crippen LogP contribution in [0.15, 0.2) is 47.6 Å². The molecule has 2 rings (SSSR count). The summed E-state index contributed by atoms with van der Waals surface area (Å²) in [6.45, 7) is -0.0310. The highest BCUT2D eigenvalue weighted by Crippen LogP contribution is 2.31. The van der Waals surface area contributed by atoms with Gasteiger partial charge in [0.25, 0.3) is 0 Å². The Morgan fingerprint density at radius 1 is 1.23 bits per heavy atom. The molecule has 3 N–H and O–H groups in total. The van der Waals surface area contributed by atoms with Crippen molar-refractivity contribution in [2.75, 3.05) is 7.11 Å². The third-order valence-electron chi connectivity index (χ3n) is 3.22. The Bertz CT molecular complexity index is 810. The molecule has 0 bridgehead atoms. The lowest BCUT2D eigenvalue weighted by molar-refractivity contribution is -0.137. The number of methoxy groups -OCH3 is 1. The van der Waals surface area contributed by atoms with Crippen molar-refractivity contribution in [3.05, 3.63) is 59.2 Å². The van der Waals surface area contributed by atoms with Crippen LogP contribution in [0.5, 0.6) is 11.5 Å². The predicted molar refractivity (Wildman–Crippen MR) is 96.3 cm³/mol. The summed E-state index contributed by atoms with van der Waals surface area (Å²) >= 11 is 4.63. The minimum Gasteiger partial charge on any atom is -0.493 e. The molecule has 0 unspecified atom stereocenters. The molecule has 2 aromatic rings. The van der Waals surface area contributed by atoms with Gasteiger partial charge in [-0.1, -0.05) is 12.1 Å². The van der Waals surface area contributed by atoms with Crippen molar-refractivity contribution in [1.82, 2.24) is 5.43 Å². The molecule has 0 aromatic heterocycles. The van der Waals surface area contributed by atoms with E-state index in [9.17, 15) is 13.2 Å². The second kappa shape index (κ2) is 8.52. The number of hydrogen-bond donors (Lipinski definition) is 2. The van der Waals surface area contributed by atoms with Crippen molar-refractivity contribution in [3.63, 3.8) is 0 Å². The van der Waals surface area contributed by atoms with Crippen LogP contribution in [-0.2, 0) is 12.8 Å². The summed E-state index contributed by atoms with van der Waals surface area (Å²) in [4.78, 5) is 0. The first-order valence-corrected chi connectivity index (χ1v) is 7.76. The van der Waals surface area contributed by atoms with Crippen LogP contribution in [0.4, 0.5) is 13.2 Å². The van der Waals surface area contributed by atoms with Crippen molar-refractivity contribution in [2.24, 2.45) is 10.8 Å². The van der Waals surface area contributed by atoms with Crippen molar-refractivity contribution in [1.29, 1.82) is 0 Å². The SMILES string of the molecule is COc1cc(/C=N/NC(N)=S)ccc1OCc1cccc(C(F)(F)F)c1. The van der Waals surface area contributed by atoms with Crippen LogP contribution in [0.3, 0.4) is 0 Å². The van der Waals surface area contributed by atoms with Gasteiger partial charge in [-0.3, -0.25) is 5.43 Å². The lowest BCUT2D eigenvalue weighted by atomic mass is 10.1. The lowest BCUT2D eigenvalue weighted by Crippen LogP contribution is -2.23. The zero-order chi connectivity index (χ0) is 19.2. The lowest BCUT2D eigenvalue weighted by Gasteiger charge is -2.12. The van der Waals surface area contributed by atoms with Crippen LogP contribution >= 0.6 is 12.2 Å². The number of thiocarbonyl (C=S) groups is 1. The van der Waals surface area contributed by atoms with E-state index in [1.54, 1.807) is 24.3 Å². The minimum absolute atomic E-state index is 0.0310. The Balaban J connectivity index is 2.10. The number of ether oxygens (including phenoxy) is 2. The van der Waals surface area contributed by atoms with Crippen LogP contribution in [0, 0.1) is 0 Å². The zero-order valence-electron chi connectivity index (χ0n) is 13.7. The first kappa shape index (κ1) is 19.5. The molecule has 0 atom stereocenters. The average Bonchev–Trinajstić information content (AvgIpc) is 2.59. The molecule has 0 amide bonds. The quantitative estimate of drug-likeness (QED) is 0.454. The fourth-order valence-electron chi connectivity index (χ4n) is 2.05. The minimum atomic E-state index is -4.39. The fourth-order valence-corrected chi connectivity index (χ4v) is 2.11. The number of rotatable bonds is 6. The molecular formula is C17H16F3N3O2S. The van der Waals surface area contributed by atoms with Gasteiger partial charge in [0, 0.05) is 0 Å². The topological polar surface area (TPSA) is 68.9 Å². The third-order valence-corrected chi connectivity index (χ3v) is 3.32. The molecule has 26 heavy (non-hydrogen) atoms. The van der Waals surface area contributed by atoms with Crippen LogP contribution < -0.4 is 20.6 Å². The van der Waals surface area contributed by atoms with Gasteiger partial charge in [-0.25, -0.2) is 0 Å². The number of nitrogens with zero attached hydrogens (tertiary/aromatic N) is 1. The monoisotopic (exact) mass is 383 g/mol. The zero-order valence-corrected chi connectivity index (χ0v) is 14.5. The molecule has 0 spiro atoms. The number of alkyl halides is 3. The van der Waals surface area contributed by atoms with Gasteiger partial charge in [0.2, 0.25) is 0 Å². The summed E-state index contributed by atoms with van der Waals surface area (Å²) < 4.78 is 49.1. The molecule has 0 saturated carbocycles. The Morgan fingerprint density at radius 3 is 2.65 bits per heavy atom. The summed E-state index contributed by atoms with van der Waals surface area (Å²) in [6.07, 6.45) is -2.91. The highest BCUT2D eigenvalue weighted by atomic mass is 32.1. The number of nitrogens with two attached hydrogens (primary N) is 1. The number of nitrogens with one attached hydrogen (secondary N) is 1. The van der Waals surface area contributed by atoms with E-state index in [-0.39, 0.29) is 11.7 Å². The summed E-state index contributed by atoms with van der Waals surface area (Å²) in [7, 11) is 1.46. The number of halogens is 3. The molecule has 0 heterocycles. The maximum absolute atomic E-state index is 12.8. The van der Waals surface area contributed by atoms with Gasteiger partial charge in [0.05, 0.1) is 18.9 Å². The van der Waals surface area contributed by atoms with Gasteiger partial charge in [-0.2, -0.15) is 18.3 Å². The van der Waals surface area contributed by atoms with E-state index in [0.717, 1.165) is 12.1 Å². The van der Waals surface area contributed by atoms with Crippen LogP contribution in [0.25, 0.3) is 0 Å². The first-order chi connectivity index (χ1) is 12.3. The van der Waals surface area contributed by atoms with Gasteiger partial charge in [0.15, 0.2) is 16.6 Å². The maximum atomic E-state index is 12.8. The Labute approximate surface area is 153 Å². The standard InChI is InChI=1S/C17H16F3N3O2S/c1-24-15-8-11(9-22-23-16(21)26)5-6-14(15)25-10-12-3-2-4-13(7-12)17(18,19)20/h2-9H,10H2,1H3,(H3,21,23,26)/b22-9+. The Morgan fingerprint density at radius 2 is 2.00 bits per heavy atom. The molecule has 2 aromatic carbocycles. The van der Waals surface area contributed by atoms with Crippen molar-refractivity contribution in [2.45, 2.75) is 12.8 Å². The summed E-state index contributed by atoms with van der Waals surface area (Å²) in [6, 6.07) is 9.96. The highest BCUT2D eigenvalue weighted by molar-refractivity contribution is 7.80. The molecule has 138 valence electrons. The highest BCUT2D eigenvalue weighted by Gasteiger charge is 2.30. The maximum Gasteiger partial charge on any atom is 0.416 e. The molecule has 0 saturated heterocycles. The normalized spacial score (nSPS) is 11.4. The first-order valence-electron chi connectivity index (χ1n) is 7.35. The predicted octanol–water partition coefficient (Wildman–Crippen LogP) is 3.46. The van der Waals surface area contributed by atoms with Crippen LogP contribution in [0.1, 0.15) is 16.7 Å². The Kier molecular flexibility index (Phi) is 6.40. The van der Waals surface area contributed by atoms with Gasteiger partial charge in [-0.05, 0) is 53.7 Å². The van der Waals surface area contributed by atoms with E-state index in [0.29, 0.717) is 22.6 Å². The van der Waals surface area contributed by atoms with Gasteiger partial charge in [-0.15, -0.1) is 0 Å². The van der Waals surface area contributed by atoms with E-state index in [1.165, 1.54) is 19.4 Å². The summed E-state index contributed by atoms with van der Waals surface area (Å²) in [5, 5.41) is 3.86. The largest absolute Gasteiger partial charge is 0.493 e. The molecule has 5 nitrogen and oxygen atoms in total. The van der Waals surface area contributed by atoms with Crippen molar-refractivity contribution in [3.8, 4) is 11.5 Å². The van der Waals surface area contributed by atoms with Crippen molar-refractivity contribution < 1.29 is 22.6 Å². The van der Waals surface area contributed by atoms with Gasteiger partial charge >= 0.3 is 6.18 Å². The number of hydrazone groups is 1. The molecule has 0 aliphatic heterocycles. The fraction of sp³-hybridized carbons (Fsp3) is 0.176. The molecule has 0 aliphatic carbocycles. The number of hydrogen-bond acceptors (Lipinski definition) is 4. The molecule has 0 aliphatic rings. The second-order valence-corrected chi connectivity index (χ2v) is 5.57. The van der Waals surface area contributed by atoms with E-state index < -0.39 is 11.7 Å². The Hall–Kier alpha value is -2.81. The van der Waals surface area contributed by atoms with Gasteiger partial charge in [0.1, 0.15) is 6.61 Å². The smallest absolute Gasteiger partial charge is 0.416 e. The number of benzene rings is 2. The third kappa shape index (κ3) is 5.62.